The molecule has 3 aromatic rings. The molecule has 9 heteroatoms. The number of nitrogens with one attached hydrogen (secondary N) is 1. The van der Waals surface area contributed by atoms with Crippen molar-refractivity contribution < 1.29 is 9.72 Å². The topological polar surface area (TPSA) is 114 Å². The fraction of sp³-hybridized carbons (Fsp3) is 0.278. The standard InChI is InChI=1S/C18H15N5O3S/c19-8-14-13-3-1-2-4-16(13)27-18(14)21-17(24)10-22-15-6-5-12(23(25)26)7-11(15)9-20-22/h5-7,9H,1-4,10H2,(H,21,24). The lowest BCUT2D eigenvalue weighted by atomic mass is 9.96. The fourth-order valence-electron chi connectivity index (χ4n) is 3.39. The summed E-state index contributed by atoms with van der Waals surface area (Å²) in [6.45, 7) is -0.0330. The lowest BCUT2D eigenvalue weighted by Crippen LogP contribution is -2.19. The van der Waals surface area contributed by atoms with E-state index in [4.69, 9.17) is 0 Å². The average Bonchev–Trinajstić information content (AvgIpc) is 3.21. The van der Waals surface area contributed by atoms with E-state index in [-0.39, 0.29) is 18.1 Å². The van der Waals surface area contributed by atoms with Crippen LogP contribution in [0.5, 0.6) is 0 Å². The molecule has 1 amide bonds. The first-order valence-corrected chi connectivity index (χ1v) is 9.33. The number of aryl methyl sites for hydroxylation is 1. The highest BCUT2D eigenvalue weighted by Crippen LogP contribution is 2.37. The number of nitro groups is 1. The Morgan fingerprint density at radius 3 is 3.00 bits per heavy atom. The number of fused-ring (bicyclic) bond motifs is 2. The summed E-state index contributed by atoms with van der Waals surface area (Å²) in [5.41, 5.74) is 2.26. The lowest BCUT2D eigenvalue weighted by Gasteiger charge is -2.09. The molecule has 0 bridgehead atoms. The lowest BCUT2D eigenvalue weighted by molar-refractivity contribution is -0.384. The number of carbonyl (C=O) groups excluding carboxylic acids is 1. The van der Waals surface area contributed by atoms with E-state index in [1.165, 1.54) is 39.2 Å². The highest BCUT2D eigenvalue weighted by Gasteiger charge is 2.22. The Morgan fingerprint density at radius 2 is 2.22 bits per heavy atom. The summed E-state index contributed by atoms with van der Waals surface area (Å²) in [7, 11) is 0. The van der Waals surface area contributed by atoms with E-state index in [1.54, 1.807) is 6.07 Å². The first kappa shape index (κ1) is 17.2. The van der Waals surface area contributed by atoms with Gasteiger partial charge in [0.15, 0.2) is 0 Å². The smallest absolute Gasteiger partial charge is 0.270 e. The SMILES string of the molecule is N#Cc1c(NC(=O)Cn2ncc3cc([N+](=O)[O-])ccc32)sc2c1CCCC2. The monoisotopic (exact) mass is 381 g/mol. The molecule has 136 valence electrons. The Hall–Kier alpha value is -3.25. The molecule has 1 N–H and O–H groups in total. The molecular weight excluding hydrogens is 366 g/mol. The van der Waals surface area contributed by atoms with Crippen LogP contribution in [0.2, 0.25) is 0 Å². The molecule has 0 atom stereocenters. The van der Waals surface area contributed by atoms with Crippen LogP contribution in [0, 0.1) is 21.4 Å². The Bertz CT molecular complexity index is 1110. The summed E-state index contributed by atoms with van der Waals surface area (Å²) in [6, 6.07) is 6.62. The molecule has 2 aromatic heterocycles. The molecule has 0 saturated carbocycles. The molecule has 27 heavy (non-hydrogen) atoms. The Kier molecular flexibility index (Phi) is 4.33. The number of aromatic nitrogens is 2. The molecule has 0 fully saturated rings. The van der Waals surface area contributed by atoms with Crippen LogP contribution in [-0.2, 0) is 24.2 Å². The Labute approximate surface area is 158 Å². The molecule has 1 aromatic carbocycles. The third kappa shape index (κ3) is 3.15. The number of nitriles is 1. The van der Waals surface area contributed by atoms with Gasteiger partial charge in [-0.1, -0.05) is 0 Å². The Balaban J connectivity index is 1.55. The minimum atomic E-state index is -0.467. The Morgan fingerprint density at radius 1 is 1.41 bits per heavy atom. The second kappa shape index (κ2) is 6.81. The van der Waals surface area contributed by atoms with Gasteiger partial charge in [-0.15, -0.1) is 11.3 Å². The minimum absolute atomic E-state index is 0.0191. The van der Waals surface area contributed by atoms with Crippen molar-refractivity contribution in [3.05, 3.63) is 50.5 Å². The van der Waals surface area contributed by atoms with Crippen LogP contribution in [0.4, 0.5) is 10.7 Å². The van der Waals surface area contributed by atoms with E-state index in [0.29, 0.717) is 21.5 Å². The molecule has 0 radical (unpaired) electrons. The van der Waals surface area contributed by atoms with Crippen LogP contribution in [0.15, 0.2) is 24.4 Å². The van der Waals surface area contributed by atoms with Gasteiger partial charge in [-0.25, -0.2) is 0 Å². The molecule has 0 aliphatic heterocycles. The van der Waals surface area contributed by atoms with Crippen molar-refractivity contribution in [1.29, 1.82) is 5.26 Å². The normalized spacial score (nSPS) is 13.1. The summed E-state index contributed by atoms with van der Waals surface area (Å²) >= 11 is 1.48. The number of hydrogen-bond donors (Lipinski definition) is 1. The maximum atomic E-state index is 12.5. The van der Waals surface area contributed by atoms with Crippen molar-refractivity contribution in [2.24, 2.45) is 0 Å². The zero-order valence-electron chi connectivity index (χ0n) is 14.3. The van der Waals surface area contributed by atoms with Gasteiger partial charge in [-0.05, 0) is 37.3 Å². The number of nitrogens with zero attached hydrogens (tertiary/aromatic N) is 4. The van der Waals surface area contributed by atoms with Gasteiger partial charge in [0.05, 0.1) is 22.2 Å². The van der Waals surface area contributed by atoms with E-state index in [2.05, 4.69) is 16.5 Å². The fourth-order valence-corrected chi connectivity index (χ4v) is 4.64. The molecule has 0 spiro atoms. The van der Waals surface area contributed by atoms with Crippen molar-refractivity contribution in [3.63, 3.8) is 0 Å². The molecular formula is C18H15N5O3S. The number of amides is 1. The van der Waals surface area contributed by atoms with Crippen LogP contribution in [0.25, 0.3) is 10.9 Å². The number of carbonyl (C=O) groups is 1. The number of anilines is 1. The van der Waals surface area contributed by atoms with Gasteiger partial charge in [0.1, 0.15) is 17.6 Å². The first-order valence-electron chi connectivity index (χ1n) is 8.51. The number of rotatable bonds is 4. The largest absolute Gasteiger partial charge is 0.315 e. The third-order valence-electron chi connectivity index (χ3n) is 4.67. The molecule has 2 heterocycles. The third-order valence-corrected chi connectivity index (χ3v) is 5.87. The highest BCUT2D eigenvalue weighted by molar-refractivity contribution is 7.16. The maximum Gasteiger partial charge on any atom is 0.270 e. The summed E-state index contributed by atoms with van der Waals surface area (Å²) in [5.74, 6) is -0.284. The van der Waals surface area contributed by atoms with E-state index >= 15 is 0 Å². The zero-order chi connectivity index (χ0) is 19.0. The average molecular weight is 381 g/mol. The first-order chi connectivity index (χ1) is 13.1. The van der Waals surface area contributed by atoms with Crippen molar-refractivity contribution in [3.8, 4) is 6.07 Å². The van der Waals surface area contributed by atoms with Crippen LogP contribution in [0.3, 0.4) is 0 Å². The number of nitro benzene ring substituents is 1. The molecule has 8 nitrogen and oxygen atoms in total. The van der Waals surface area contributed by atoms with Gasteiger partial charge in [0.2, 0.25) is 5.91 Å². The van der Waals surface area contributed by atoms with Gasteiger partial charge in [0.25, 0.3) is 5.69 Å². The predicted molar refractivity (Wildman–Crippen MR) is 101 cm³/mol. The van der Waals surface area contributed by atoms with Crippen molar-refractivity contribution >= 4 is 38.8 Å². The van der Waals surface area contributed by atoms with Gasteiger partial charge in [-0.3, -0.25) is 19.6 Å². The van der Waals surface area contributed by atoms with Crippen molar-refractivity contribution in [1.82, 2.24) is 9.78 Å². The van der Waals surface area contributed by atoms with Crippen LogP contribution < -0.4 is 5.32 Å². The molecule has 1 aliphatic rings. The minimum Gasteiger partial charge on any atom is -0.315 e. The van der Waals surface area contributed by atoms with Gasteiger partial charge in [0, 0.05) is 22.4 Å². The van der Waals surface area contributed by atoms with Crippen molar-refractivity contribution in [2.75, 3.05) is 5.32 Å². The predicted octanol–water partition coefficient (Wildman–Crippen LogP) is 3.40. The van der Waals surface area contributed by atoms with E-state index in [0.717, 1.165) is 31.2 Å². The highest BCUT2D eigenvalue weighted by atomic mass is 32.1. The second-order valence-electron chi connectivity index (χ2n) is 6.38. The van der Waals surface area contributed by atoms with E-state index < -0.39 is 4.92 Å². The summed E-state index contributed by atoms with van der Waals surface area (Å²) in [4.78, 5) is 24.1. The molecule has 1 aliphatic carbocycles. The number of thiophene rings is 1. The summed E-state index contributed by atoms with van der Waals surface area (Å²) < 4.78 is 1.49. The van der Waals surface area contributed by atoms with Gasteiger partial charge < -0.3 is 5.32 Å². The molecule has 0 unspecified atom stereocenters. The molecule has 4 rings (SSSR count). The quantitative estimate of drug-likeness (QED) is 0.549. The number of benzene rings is 1. The van der Waals surface area contributed by atoms with Crippen LogP contribution in [0.1, 0.15) is 28.8 Å². The molecule has 0 saturated heterocycles. The maximum absolute atomic E-state index is 12.5. The summed E-state index contributed by atoms with van der Waals surface area (Å²) in [5, 5.41) is 28.5. The van der Waals surface area contributed by atoms with Gasteiger partial charge >= 0.3 is 0 Å². The van der Waals surface area contributed by atoms with Crippen LogP contribution in [-0.4, -0.2) is 20.6 Å². The number of hydrogen-bond acceptors (Lipinski definition) is 6. The zero-order valence-corrected chi connectivity index (χ0v) is 15.1. The van der Waals surface area contributed by atoms with E-state index in [1.807, 2.05) is 0 Å². The summed E-state index contributed by atoms with van der Waals surface area (Å²) in [6.07, 6.45) is 5.51. The van der Waals surface area contributed by atoms with Crippen molar-refractivity contribution in [2.45, 2.75) is 32.2 Å². The second-order valence-corrected chi connectivity index (χ2v) is 7.48. The number of non-ortho nitro benzene ring substituents is 1. The van der Waals surface area contributed by atoms with Gasteiger partial charge in [-0.2, -0.15) is 10.4 Å². The van der Waals surface area contributed by atoms with E-state index in [9.17, 15) is 20.2 Å². The van der Waals surface area contributed by atoms with Crippen LogP contribution >= 0.6 is 11.3 Å².